The number of carbonyl (C=O) groups is 1. The van der Waals surface area contributed by atoms with E-state index in [0.29, 0.717) is 19.0 Å². The Morgan fingerprint density at radius 3 is 2.76 bits per heavy atom. The normalized spacial score (nSPS) is 23.0. The van der Waals surface area contributed by atoms with Crippen LogP contribution in [0.5, 0.6) is 0 Å². The molecule has 2 unspecified atom stereocenters. The van der Waals surface area contributed by atoms with Gasteiger partial charge in [-0.3, -0.25) is 9.69 Å². The highest BCUT2D eigenvalue weighted by Gasteiger charge is 2.26. The van der Waals surface area contributed by atoms with Gasteiger partial charge < -0.3 is 15.8 Å². The van der Waals surface area contributed by atoms with Crippen LogP contribution in [0.3, 0.4) is 0 Å². The lowest BCUT2D eigenvalue weighted by Gasteiger charge is -2.35. The van der Waals surface area contributed by atoms with E-state index in [2.05, 4.69) is 17.1 Å². The van der Waals surface area contributed by atoms with Crippen LogP contribution in [-0.4, -0.2) is 43.7 Å². The second-order valence-corrected chi connectivity index (χ2v) is 5.72. The van der Waals surface area contributed by atoms with Crippen molar-refractivity contribution in [3.8, 4) is 0 Å². The SMILES string of the molecule is COC1CN(CC(=O)Nc2ccc(CN)cc2)CCC1C. The third-order valence-corrected chi connectivity index (χ3v) is 4.12. The maximum atomic E-state index is 12.1. The quantitative estimate of drug-likeness (QED) is 0.861. The van der Waals surface area contributed by atoms with E-state index in [9.17, 15) is 4.79 Å². The molecule has 0 aromatic heterocycles. The molecule has 0 saturated carbocycles. The van der Waals surface area contributed by atoms with E-state index in [1.54, 1.807) is 7.11 Å². The Hall–Kier alpha value is -1.43. The highest BCUT2D eigenvalue weighted by Crippen LogP contribution is 2.19. The molecule has 1 fully saturated rings. The molecule has 0 radical (unpaired) electrons. The predicted molar refractivity (Wildman–Crippen MR) is 84.0 cm³/mol. The molecule has 116 valence electrons. The summed E-state index contributed by atoms with van der Waals surface area (Å²) in [5.74, 6) is 0.568. The van der Waals surface area contributed by atoms with Gasteiger partial charge in [-0.15, -0.1) is 0 Å². The lowest BCUT2D eigenvalue weighted by molar-refractivity contribution is -0.118. The number of nitrogens with two attached hydrogens (primary N) is 1. The second-order valence-electron chi connectivity index (χ2n) is 5.72. The van der Waals surface area contributed by atoms with Crippen molar-refractivity contribution in [1.82, 2.24) is 4.90 Å². The van der Waals surface area contributed by atoms with Crippen molar-refractivity contribution in [3.63, 3.8) is 0 Å². The maximum absolute atomic E-state index is 12.1. The first kappa shape index (κ1) is 15.9. The van der Waals surface area contributed by atoms with Gasteiger partial charge in [0.05, 0.1) is 12.6 Å². The number of anilines is 1. The van der Waals surface area contributed by atoms with Crippen LogP contribution in [0, 0.1) is 5.92 Å². The van der Waals surface area contributed by atoms with Gasteiger partial charge in [-0.25, -0.2) is 0 Å². The van der Waals surface area contributed by atoms with Crippen LogP contribution in [0.1, 0.15) is 18.9 Å². The summed E-state index contributed by atoms with van der Waals surface area (Å²) < 4.78 is 5.47. The minimum Gasteiger partial charge on any atom is -0.380 e. The van der Waals surface area contributed by atoms with Crippen molar-refractivity contribution in [2.45, 2.75) is 26.0 Å². The zero-order chi connectivity index (χ0) is 15.2. The summed E-state index contributed by atoms with van der Waals surface area (Å²) in [6, 6.07) is 7.63. The van der Waals surface area contributed by atoms with Crippen LogP contribution < -0.4 is 11.1 Å². The molecule has 1 aliphatic heterocycles. The van der Waals surface area contributed by atoms with Crippen LogP contribution in [0.15, 0.2) is 24.3 Å². The lowest BCUT2D eigenvalue weighted by Crippen LogP contribution is -2.46. The molecular weight excluding hydrogens is 266 g/mol. The van der Waals surface area contributed by atoms with Crippen LogP contribution >= 0.6 is 0 Å². The number of piperidine rings is 1. The average molecular weight is 291 g/mol. The summed E-state index contributed by atoms with van der Waals surface area (Å²) in [7, 11) is 1.74. The number of likely N-dealkylation sites (tertiary alicyclic amines) is 1. The Morgan fingerprint density at radius 1 is 1.43 bits per heavy atom. The molecular formula is C16H25N3O2. The number of nitrogens with zero attached hydrogens (tertiary/aromatic N) is 1. The minimum atomic E-state index is 0.0138. The van der Waals surface area contributed by atoms with E-state index < -0.39 is 0 Å². The van der Waals surface area contributed by atoms with Crippen molar-refractivity contribution in [1.29, 1.82) is 0 Å². The fourth-order valence-corrected chi connectivity index (χ4v) is 2.68. The fourth-order valence-electron chi connectivity index (χ4n) is 2.68. The fraction of sp³-hybridized carbons (Fsp3) is 0.562. The highest BCUT2D eigenvalue weighted by molar-refractivity contribution is 5.92. The van der Waals surface area contributed by atoms with Crippen molar-refractivity contribution >= 4 is 11.6 Å². The van der Waals surface area contributed by atoms with Crippen LogP contribution in [0.2, 0.25) is 0 Å². The average Bonchev–Trinajstić information content (AvgIpc) is 2.50. The first-order chi connectivity index (χ1) is 10.1. The summed E-state index contributed by atoms with van der Waals surface area (Å²) in [6.45, 7) is 4.88. The second kappa shape index (κ2) is 7.54. The molecule has 5 heteroatoms. The number of carbonyl (C=O) groups excluding carboxylic acids is 1. The van der Waals surface area contributed by atoms with Crippen LogP contribution in [0.4, 0.5) is 5.69 Å². The Kier molecular flexibility index (Phi) is 5.73. The summed E-state index contributed by atoms with van der Waals surface area (Å²) >= 11 is 0. The molecule has 1 heterocycles. The largest absolute Gasteiger partial charge is 0.380 e. The number of hydrogen-bond acceptors (Lipinski definition) is 4. The summed E-state index contributed by atoms with van der Waals surface area (Å²) in [5.41, 5.74) is 7.42. The maximum Gasteiger partial charge on any atom is 0.238 e. The van der Waals surface area contributed by atoms with Gasteiger partial charge in [0.25, 0.3) is 0 Å². The molecule has 2 atom stereocenters. The Morgan fingerprint density at radius 2 is 2.14 bits per heavy atom. The molecule has 0 bridgehead atoms. The molecule has 21 heavy (non-hydrogen) atoms. The number of amides is 1. The Bertz CT molecular complexity index is 461. The zero-order valence-corrected chi connectivity index (χ0v) is 12.8. The van der Waals surface area contributed by atoms with Gasteiger partial charge in [0.2, 0.25) is 5.91 Å². The van der Waals surface area contributed by atoms with E-state index in [1.807, 2.05) is 24.3 Å². The molecule has 1 aliphatic rings. The monoisotopic (exact) mass is 291 g/mol. The molecule has 0 spiro atoms. The molecule has 2 rings (SSSR count). The van der Waals surface area contributed by atoms with Gasteiger partial charge in [-0.05, 0) is 36.6 Å². The van der Waals surface area contributed by atoms with Gasteiger partial charge in [-0.1, -0.05) is 19.1 Å². The summed E-state index contributed by atoms with van der Waals surface area (Å²) in [5, 5.41) is 2.92. The van der Waals surface area contributed by atoms with E-state index in [-0.39, 0.29) is 12.0 Å². The van der Waals surface area contributed by atoms with E-state index in [1.165, 1.54) is 0 Å². The van der Waals surface area contributed by atoms with Crippen molar-refractivity contribution in [2.75, 3.05) is 32.1 Å². The molecule has 0 aliphatic carbocycles. The third-order valence-electron chi connectivity index (χ3n) is 4.12. The number of hydrogen-bond donors (Lipinski definition) is 2. The molecule has 1 amide bonds. The molecule has 1 saturated heterocycles. The van der Waals surface area contributed by atoms with Crippen LogP contribution in [-0.2, 0) is 16.1 Å². The van der Waals surface area contributed by atoms with Gasteiger partial charge in [0.15, 0.2) is 0 Å². The number of ether oxygens (including phenoxy) is 1. The lowest BCUT2D eigenvalue weighted by atomic mass is 9.96. The molecule has 1 aromatic carbocycles. The van der Waals surface area contributed by atoms with Crippen molar-refractivity contribution < 1.29 is 9.53 Å². The summed E-state index contributed by atoms with van der Waals surface area (Å²) in [6.07, 6.45) is 1.28. The number of methoxy groups -OCH3 is 1. The van der Waals surface area contributed by atoms with E-state index in [0.717, 1.165) is 30.8 Å². The highest BCUT2D eigenvalue weighted by atomic mass is 16.5. The van der Waals surface area contributed by atoms with Crippen LogP contribution in [0.25, 0.3) is 0 Å². The molecule has 1 aromatic rings. The first-order valence-corrected chi connectivity index (χ1v) is 7.46. The number of rotatable bonds is 5. The van der Waals surface area contributed by atoms with Crippen molar-refractivity contribution in [2.24, 2.45) is 11.7 Å². The number of benzene rings is 1. The Balaban J connectivity index is 1.83. The van der Waals surface area contributed by atoms with E-state index in [4.69, 9.17) is 10.5 Å². The molecule has 3 N–H and O–H groups in total. The standard InChI is InChI=1S/C16H25N3O2/c1-12-7-8-19(10-15(12)21-2)11-16(20)18-14-5-3-13(9-17)4-6-14/h3-6,12,15H,7-11,17H2,1-2H3,(H,18,20). The van der Waals surface area contributed by atoms with Gasteiger partial charge >= 0.3 is 0 Å². The third kappa shape index (κ3) is 4.52. The predicted octanol–water partition coefficient (Wildman–Crippen LogP) is 1.44. The van der Waals surface area contributed by atoms with E-state index >= 15 is 0 Å². The Labute approximate surface area is 126 Å². The number of nitrogens with one attached hydrogen (secondary N) is 1. The van der Waals surface area contributed by atoms with Gasteiger partial charge in [-0.2, -0.15) is 0 Å². The van der Waals surface area contributed by atoms with Gasteiger partial charge in [0.1, 0.15) is 0 Å². The first-order valence-electron chi connectivity index (χ1n) is 7.46. The minimum absolute atomic E-state index is 0.0138. The summed E-state index contributed by atoms with van der Waals surface area (Å²) in [4.78, 5) is 14.2. The molecule has 5 nitrogen and oxygen atoms in total. The van der Waals surface area contributed by atoms with Crippen molar-refractivity contribution in [3.05, 3.63) is 29.8 Å². The topological polar surface area (TPSA) is 67.6 Å². The smallest absolute Gasteiger partial charge is 0.238 e. The van der Waals surface area contributed by atoms with Gasteiger partial charge in [0, 0.05) is 25.9 Å². The zero-order valence-electron chi connectivity index (χ0n) is 12.8.